The minimum Gasteiger partial charge on any atom is -0.497 e. The Hall–Kier alpha value is -4.54. The number of benzene rings is 2. The first-order valence-electron chi connectivity index (χ1n) is 20.0. The molecule has 6 aliphatic heterocycles. The van der Waals surface area contributed by atoms with E-state index in [2.05, 4.69) is 47.9 Å². The second-order valence-corrected chi connectivity index (χ2v) is 15.9. The molecule has 0 radical (unpaired) electrons. The topological polar surface area (TPSA) is 95.0 Å². The van der Waals surface area contributed by atoms with Crippen LogP contribution in [0.1, 0.15) is 75.7 Å². The lowest BCUT2D eigenvalue weighted by Gasteiger charge is -2.52. The lowest BCUT2D eigenvalue weighted by Crippen LogP contribution is -2.56. The number of pyridine rings is 2. The second-order valence-electron chi connectivity index (χ2n) is 15.9. The van der Waals surface area contributed by atoms with Crippen molar-refractivity contribution in [1.82, 2.24) is 30.0 Å². The van der Waals surface area contributed by atoms with E-state index in [9.17, 15) is 0 Å². The summed E-state index contributed by atoms with van der Waals surface area (Å²) >= 11 is 0. The average molecular weight is 729 g/mol. The Bertz CT molecular complexity index is 1950. The molecule has 2 unspecified atom stereocenters. The number of rotatable bonds is 12. The summed E-state index contributed by atoms with van der Waals surface area (Å²) in [7, 11) is 3.41. The molecular formula is C44H52N6O4. The number of hydrogen-bond donors (Lipinski definition) is 0. The first-order chi connectivity index (χ1) is 26.5. The summed E-state index contributed by atoms with van der Waals surface area (Å²) < 4.78 is 25.3. The van der Waals surface area contributed by atoms with Gasteiger partial charge in [0.05, 0.1) is 37.3 Å². The van der Waals surface area contributed by atoms with E-state index in [1.54, 1.807) is 14.2 Å². The number of nitrogens with zero attached hydrogens (tertiary/aromatic N) is 6. The third-order valence-electron chi connectivity index (χ3n) is 13.3. The molecule has 0 amide bonds. The van der Waals surface area contributed by atoms with Crippen molar-refractivity contribution in [3.63, 3.8) is 0 Å². The van der Waals surface area contributed by atoms with E-state index in [-0.39, 0.29) is 24.3 Å². The molecule has 2 aromatic carbocycles. The van der Waals surface area contributed by atoms with Gasteiger partial charge in [-0.1, -0.05) is 26.7 Å². The van der Waals surface area contributed by atoms with Crippen molar-refractivity contribution in [1.29, 1.82) is 0 Å². The summed E-state index contributed by atoms with van der Waals surface area (Å²) in [6, 6.07) is 20.6. The second kappa shape index (κ2) is 14.9. The van der Waals surface area contributed by atoms with Gasteiger partial charge in [0.25, 0.3) is 0 Å². The summed E-state index contributed by atoms with van der Waals surface area (Å²) in [6.45, 7) is 9.04. The number of aromatic nitrogens is 4. The van der Waals surface area contributed by atoms with E-state index in [1.807, 2.05) is 48.8 Å². The van der Waals surface area contributed by atoms with Gasteiger partial charge in [-0.25, -0.2) is 0 Å². The minimum atomic E-state index is -0.257. The predicted octanol–water partition coefficient (Wildman–Crippen LogP) is 8.07. The van der Waals surface area contributed by atoms with Crippen molar-refractivity contribution >= 4 is 21.8 Å². The van der Waals surface area contributed by atoms with Gasteiger partial charge in [0.1, 0.15) is 23.7 Å². The van der Waals surface area contributed by atoms with Crippen LogP contribution in [0.25, 0.3) is 21.8 Å². The lowest BCUT2D eigenvalue weighted by atomic mass is 9.72. The Morgan fingerprint density at radius 2 is 1.09 bits per heavy atom. The highest BCUT2D eigenvalue weighted by molar-refractivity contribution is 5.85. The molecule has 6 aliphatic rings. The quantitative estimate of drug-likeness (QED) is 0.126. The molecule has 9 heterocycles. The van der Waals surface area contributed by atoms with Gasteiger partial charge in [0, 0.05) is 59.5 Å². The molecule has 0 aliphatic carbocycles. The minimum absolute atomic E-state index is 0.213. The largest absolute Gasteiger partial charge is 0.497 e. The van der Waals surface area contributed by atoms with Crippen LogP contribution >= 0.6 is 0 Å². The van der Waals surface area contributed by atoms with Crippen LogP contribution in [0.15, 0.2) is 73.1 Å². The maximum atomic E-state index is 6.98. The van der Waals surface area contributed by atoms with Crippen LogP contribution in [0.2, 0.25) is 0 Å². The van der Waals surface area contributed by atoms with Gasteiger partial charge in [-0.3, -0.25) is 19.8 Å². The van der Waals surface area contributed by atoms with Gasteiger partial charge >= 0.3 is 0 Å². The maximum Gasteiger partial charge on any atom is 0.234 e. The van der Waals surface area contributed by atoms with Crippen LogP contribution < -0.4 is 18.9 Å². The summed E-state index contributed by atoms with van der Waals surface area (Å²) in [4.78, 5) is 14.7. The molecule has 4 bridgehead atoms. The SMILES string of the molecule is CC[C@H]1CN2CC[C@H]1C[C@H]2[C@H](Oc1ccc(O[C@H](c2ccnc3ccc(OC)cc23)[C@@H]2C[C@@H]3CCN2C[C@@H]3CC)nn1)c1ccnc2ccc(OC)cc12. The van der Waals surface area contributed by atoms with Gasteiger partial charge in [-0.05, 0) is 111 Å². The number of piperidine rings is 6. The molecule has 11 rings (SSSR count). The van der Waals surface area contributed by atoms with Crippen molar-refractivity contribution in [3.05, 3.63) is 84.2 Å². The van der Waals surface area contributed by atoms with Crippen LogP contribution in [-0.4, -0.2) is 82.4 Å². The van der Waals surface area contributed by atoms with Gasteiger partial charge in [0.15, 0.2) is 0 Å². The fourth-order valence-corrected chi connectivity index (χ4v) is 10.4. The Labute approximate surface area is 318 Å². The molecule has 10 atom stereocenters. The van der Waals surface area contributed by atoms with Crippen LogP contribution in [0, 0.1) is 23.7 Å². The van der Waals surface area contributed by atoms with E-state index >= 15 is 0 Å². The normalized spacial score (nSPS) is 28.5. The molecule has 6 fully saturated rings. The van der Waals surface area contributed by atoms with Crippen molar-refractivity contribution in [3.8, 4) is 23.3 Å². The Morgan fingerprint density at radius 3 is 1.46 bits per heavy atom. The third kappa shape index (κ3) is 6.51. The highest BCUT2D eigenvalue weighted by atomic mass is 16.5. The number of fused-ring (bicyclic) bond motifs is 8. The van der Waals surface area contributed by atoms with Crippen LogP contribution in [-0.2, 0) is 0 Å². The molecular weight excluding hydrogens is 677 g/mol. The molecule has 5 aromatic rings. The first kappa shape index (κ1) is 35.2. The van der Waals surface area contributed by atoms with Gasteiger partial charge in [-0.2, -0.15) is 0 Å². The Kier molecular flexibility index (Phi) is 9.74. The Morgan fingerprint density at radius 1 is 0.630 bits per heavy atom. The summed E-state index contributed by atoms with van der Waals surface area (Å²) in [6.07, 6.45) is 10.4. The standard InChI is InChI=1S/C44H52N6O4/c1-5-27-25-49-19-15-29(27)21-39(49)43(33-13-17-45-37-9-7-31(51-3)23-35(33)37)53-41-11-12-42(48-47-41)54-44(40-22-30-16-20-50(40)26-28(30)6-2)34-14-18-46-38-10-8-32(52-4)24-36(34)38/h7-14,17-18,23-24,27-30,39-40,43-44H,5-6,15-16,19-22,25-26H2,1-4H3/t27-,28-,29-,30-,39-,40-,43+,44+/m0/s1. The molecule has 0 spiro atoms. The third-order valence-corrected chi connectivity index (χ3v) is 13.3. The van der Waals surface area contributed by atoms with Crippen LogP contribution in [0.3, 0.4) is 0 Å². The zero-order valence-corrected chi connectivity index (χ0v) is 31.9. The maximum absolute atomic E-state index is 6.98. The molecule has 282 valence electrons. The van der Waals surface area contributed by atoms with Gasteiger partial charge in [-0.15, -0.1) is 10.2 Å². The number of methoxy groups -OCH3 is 2. The summed E-state index contributed by atoms with van der Waals surface area (Å²) in [5.74, 6) is 5.42. The number of ether oxygens (including phenoxy) is 4. The van der Waals surface area contributed by atoms with E-state index < -0.39 is 0 Å². The zero-order chi connectivity index (χ0) is 36.8. The molecule has 54 heavy (non-hydrogen) atoms. The van der Waals surface area contributed by atoms with E-state index in [0.29, 0.717) is 23.6 Å². The average Bonchev–Trinajstić information content (AvgIpc) is 3.24. The first-order valence-corrected chi connectivity index (χ1v) is 20.0. The molecule has 0 saturated carbocycles. The van der Waals surface area contributed by atoms with Gasteiger partial charge < -0.3 is 18.9 Å². The van der Waals surface area contributed by atoms with Gasteiger partial charge in [0.2, 0.25) is 11.8 Å². The van der Waals surface area contributed by atoms with Crippen molar-refractivity contribution in [2.75, 3.05) is 40.4 Å². The zero-order valence-electron chi connectivity index (χ0n) is 31.9. The monoisotopic (exact) mass is 728 g/mol. The Balaban J connectivity index is 1.04. The molecule has 0 N–H and O–H groups in total. The van der Waals surface area contributed by atoms with Crippen LogP contribution in [0.4, 0.5) is 0 Å². The molecule has 10 heteroatoms. The highest BCUT2D eigenvalue weighted by Crippen LogP contribution is 2.46. The summed E-state index contributed by atoms with van der Waals surface area (Å²) in [5, 5.41) is 11.5. The summed E-state index contributed by atoms with van der Waals surface area (Å²) in [5.41, 5.74) is 4.03. The molecule has 10 nitrogen and oxygen atoms in total. The van der Waals surface area contributed by atoms with Crippen molar-refractivity contribution < 1.29 is 18.9 Å². The smallest absolute Gasteiger partial charge is 0.234 e. The fraction of sp³-hybridized carbons (Fsp3) is 0.500. The van der Waals surface area contributed by atoms with Crippen molar-refractivity contribution in [2.24, 2.45) is 23.7 Å². The van der Waals surface area contributed by atoms with Crippen LogP contribution in [0.5, 0.6) is 23.3 Å². The highest BCUT2D eigenvalue weighted by Gasteiger charge is 2.46. The molecule has 3 aromatic heterocycles. The van der Waals surface area contributed by atoms with E-state index in [0.717, 1.165) is 95.3 Å². The van der Waals surface area contributed by atoms with E-state index in [1.165, 1.54) is 25.7 Å². The fourth-order valence-electron chi connectivity index (χ4n) is 10.4. The predicted molar refractivity (Wildman–Crippen MR) is 209 cm³/mol. The number of hydrogen-bond acceptors (Lipinski definition) is 10. The van der Waals surface area contributed by atoms with Crippen molar-refractivity contribution in [2.45, 2.75) is 76.7 Å². The lowest BCUT2D eigenvalue weighted by molar-refractivity contribution is -0.0511. The molecule has 6 saturated heterocycles. The van der Waals surface area contributed by atoms with E-state index in [4.69, 9.17) is 39.1 Å².